The summed E-state index contributed by atoms with van der Waals surface area (Å²) in [5.74, 6) is 0.270. The summed E-state index contributed by atoms with van der Waals surface area (Å²) >= 11 is 6.02. The summed E-state index contributed by atoms with van der Waals surface area (Å²) in [4.78, 5) is 12.5. The van der Waals surface area contributed by atoms with Gasteiger partial charge in [-0.15, -0.1) is 0 Å². The molecule has 16 heavy (non-hydrogen) atoms. The fourth-order valence-corrected chi connectivity index (χ4v) is 1.58. The van der Waals surface area contributed by atoms with E-state index in [4.69, 9.17) is 22.1 Å². The zero-order chi connectivity index (χ0) is 12.3. The van der Waals surface area contributed by atoms with E-state index in [-0.39, 0.29) is 6.54 Å². The molecule has 0 radical (unpaired) electrons. The van der Waals surface area contributed by atoms with Crippen molar-refractivity contribution in [1.82, 2.24) is 0 Å². The largest absolute Gasteiger partial charge is 0.495 e. The van der Waals surface area contributed by atoms with Gasteiger partial charge in [-0.3, -0.25) is 4.79 Å². The van der Waals surface area contributed by atoms with E-state index < -0.39 is 5.91 Å². The Balaban J connectivity index is 3.10. The maximum atomic E-state index is 10.8. The number of aryl methyl sites for hydroxylation is 1. The Labute approximate surface area is 99.9 Å². The molecule has 0 bridgehead atoms. The van der Waals surface area contributed by atoms with Crippen LogP contribution in [0.2, 0.25) is 5.02 Å². The van der Waals surface area contributed by atoms with E-state index in [1.807, 2.05) is 13.0 Å². The fourth-order valence-electron chi connectivity index (χ4n) is 1.43. The molecule has 0 saturated heterocycles. The number of methoxy groups -OCH3 is 1. The molecule has 0 aliphatic heterocycles. The number of likely N-dealkylation sites (N-methyl/N-ethyl adjacent to an activating group) is 1. The number of rotatable bonds is 4. The summed E-state index contributed by atoms with van der Waals surface area (Å²) in [6.45, 7) is 2.01. The second-order valence-electron chi connectivity index (χ2n) is 3.60. The third kappa shape index (κ3) is 2.79. The Kier molecular flexibility index (Phi) is 4.01. The molecule has 4 nitrogen and oxygen atoms in total. The first-order valence-electron chi connectivity index (χ1n) is 4.79. The van der Waals surface area contributed by atoms with Crippen molar-refractivity contribution in [3.63, 3.8) is 0 Å². The number of amides is 1. The van der Waals surface area contributed by atoms with Gasteiger partial charge in [0.25, 0.3) is 0 Å². The van der Waals surface area contributed by atoms with Crippen molar-refractivity contribution in [2.75, 3.05) is 25.6 Å². The molecule has 1 aromatic rings. The molecular weight excluding hydrogens is 228 g/mol. The summed E-state index contributed by atoms with van der Waals surface area (Å²) < 4.78 is 5.23. The first-order valence-corrected chi connectivity index (χ1v) is 5.17. The number of halogens is 1. The standard InChI is InChI=1S/C11H15ClN2O2/c1-7-4-10(16-3)9(5-8(7)12)14(2)6-11(13)15/h4-5H,6H2,1-3H3,(H2,13,15). The van der Waals surface area contributed by atoms with Crippen LogP contribution in [0.5, 0.6) is 5.75 Å². The molecule has 0 spiro atoms. The van der Waals surface area contributed by atoms with E-state index in [9.17, 15) is 4.79 Å². The molecule has 0 unspecified atom stereocenters. The van der Waals surface area contributed by atoms with E-state index in [1.54, 1.807) is 25.1 Å². The molecule has 0 atom stereocenters. The molecule has 0 fully saturated rings. The van der Waals surface area contributed by atoms with Crippen molar-refractivity contribution < 1.29 is 9.53 Å². The lowest BCUT2D eigenvalue weighted by atomic mass is 10.2. The molecule has 1 rings (SSSR count). The van der Waals surface area contributed by atoms with Gasteiger partial charge in [-0.25, -0.2) is 0 Å². The van der Waals surface area contributed by atoms with Crippen molar-refractivity contribution in [1.29, 1.82) is 0 Å². The minimum Gasteiger partial charge on any atom is -0.495 e. The third-order valence-corrected chi connectivity index (χ3v) is 2.67. The van der Waals surface area contributed by atoms with Gasteiger partial charge >= 0.3 is 0 Å². The third-order valence-electron chi connectivity index (χ3n) is 2.26. The first-order chi connectivity index (χ1) is 7.45. The lowest BCUT2D eigenvalue weighted by molar-refractivity contribution is -0.116. The van der Waals surface area contributed by atoms with Crippen molar-refractivity contribution in [2.24, 2.45) is 5.73 Å². The zero-order valence-corrected chi connectivity index (χ0v) is 10.3. The average molecular weight is 243 g/mol. The van der Waals surface area contributed by atoms with Crippen LogP contribution in [0.1, 0.15) is 5.56 Å². The van der Waals surface area contributed by atoms with E-state index in [2.05, 4.69) is 0 Å². The van der Waals surface area contributed by atoms with E-state index in [0.717, 1.165) is 11.3 Å². The van der Waals surface area contributed by atoms with Crippen molar-refractivity contribution in [3.8, 4) is 5.75 Å². The second kappa shape index (κ2) is 5.07. The number of carbonyl (C=O) groups is 1. The van der Waals surface area contributed by atoms with Crippen LogP contribution in [-0.2, 0) is 4.79 Å². The van der Waals surface area contributed by atoms with E-state index >= 15 is 0 Å². The van der Waals surface area contributed by atoms with Crippen molar-refractivity contribution in [2.45, 2.75) is 6.92 Å². The van der Waals surface area contributed by atoms with Crippen LogP contribution in [0.3, 0.4) is 0 Å². The SMILES string of the molecule is COc1cc(C)c(Cl)cc1N(C)CC(N)=O. The quantitative estimate of drug-likeness (QED) is 0.872. The number of hydrogen-bond donors (Lipinski definition) is 1. The van der Waals surface area contributed by atoms with Crippen LogP contribution in [0.4, 0.5) is 5.69 Å². The second-order valence-corrected chi connectivity index (χ2v) is 4.00. The van der Waals surface area contributed by atoms with E-state index in [1.165, 1.54) is 0 Å². The maximum absolute atomic E-state index is 10.8. The Hall–Kier alpha value is -1.42. The van der Waals surface area contributed by atoms with Crippen LogP contribution in [0, 0.1) is 6.92 Å². The van der Waals surface area contributed by atoms with Crippen molar-refractivity contribution >= 4 is 23.2 Å². The molecule has 0 aliphatic rings. The molecule has 0 heterocycles. The molecule has 0 saturated carbocycles. The van der Waals surface area contributed by atoms with Gasteiger partial charge in [0, 0.05) is 12.1 Å². The van der Waals surface area contributed by atoms with Gasteiger partial charge < -0.3 is 15.4 Å². The Bertz CT molecular complexity index is 407. The number of benzene rings is 1. The predicted molar refractivity (Wildman–Crippen MR) is 65.2 cm³/mol. The van der Waals surface area contributed by atoms with Gasteiger partial charge in [0.2, 0.25) is 5.91 Å². The number of hydrogen-bond acceptors (Lipinski definition) is 3. The van der Waals surface area contributed by atoms with Crippen molar-refractivity contribution in [3.05, 3.63) is 22.7 Å². The summed E-state index contributed by atoms with van der Waals surface area (Å²) in [5.41, 5.74) is 6.81. The molecule has 1 amide bonds. The number of anilines is 1. The monoisotopic (exact) mass is 242 g/mol. The Morgan fingerprint density at radius 3 is 2.69 bits per heavy atom. The fraction of sp³-hybridized carbons (Fsp3) is 0.364. The topological polar surface area (TPSA) is 55.6 Å². The Morgan fingerprint density at radius 1 is 1.56 bits per heavy atom. The lowest BCUT2D eigenvalue weighted by Gasteiger charge is -2.21. The highest BCUT2D eigenvalue weighted by Gasteiger charge is 2.12. The van der Waals surface area contributed by atoms with Crippen LogP contribution in [-0.4, -0.2) is 26.6 Å². The maximum Gasteiger partial charge on any atom is 0.236 e. The van der Waals surface area contributed by atoms with Crippen LogP contribution in [0.25, 0.3) is 0 Å². The minimum atomic E-state index is -0.402. The molecule has 0 aromatic heterocycles. The summed E-state index contributed by atoms with van der Waals surface area (Å²) in [5, 5.41) is 0.632. The number of primary amides is 1. The highest BCUT2D eigenvalue weighted by Crippen LogP contribution is 2.32. The zero-order valence-electron chi connectivity index (χ0n) is 9.58. The lowest BCUT2D eigenvalue weighted by Crippen LogP contribution is -2.30. The number of nitrogens with two attached hydrogens (primary N) is 1. The number of carbonyl (C=O) groups excluding carboxylic acids is 1. The van der Waals surface area contributed by atoms with Crippen LogP contribution in [0.15, 0.2) is 12.1 Å². The summed E-state index contributed by atoms with van der Waals surface area (Å²) in [6, 6.07) is 3.59. The highest BCUT2D eigenvalue weighted by molar-refractivity contribution is 6.31. The summed E-state index contributed by atoms with van der Waals surface area (Å²) in [6.07, 6.45) is 0. The van der Waals surface area contributed by atoms with Gasteiger partial charge in [0.1, 0.15) is 5.75 Å². The smallest absolute Gasteiger partial charge is 0.236 e. The van der Waals surface area contributed by atoms with Gasteiger partial charge in [0.05, 0.1) is 19.3 Å². The molecule has 1 aromatic carbocycles. The van der Waals surface area contributed by atoms with E-state index in [0.29, 0.717) is 10.8 Å². The van der Waals surface area contributed by atoms with Gasteiger partial charge in [-0.05, 0) is 24.6 Å². The van der Waals surface area contributed by atoms with Crippen LogP contribution < -0.4 is 15.4 Å². The van der Waals surface area contributed by atoms with Crippen LogP contribution >= 0.6 is 11.6 Å². The van der Waals surface area contributed by atoms with Gasteiger partial charge in [-0.1, -0.05) is 11.6 Å². The molecule has 88 valence electrons. The molecule has 2 N–H and O–H groups in total. The summed E-state index contributed by atoms with van der Waals surface area (Å²) in [7, 11) is 3.33. The average Bonchev–Trinajstić information content (AvgIpc) is 2.20. The normalized spacial score (nSPS) is 10.0. The van der Waals surface area contributed by atoms with Gasteiger partial charge in [-0.2, -0.15) is 0 Å². The highest BCUT2D eigenvalue weighted by atomic mass is 35.5. The first kappa shape index (κ1) is 12.6. The predicted octanol–water partition coefficient (Wildman–Crippen LogP) is 1.58. The van der Waals surface area contributed by atoms with Gasteiger partial charge in [0.15, 0.2) is 0 Å². The molecule has 5 heteroatoms. The molecule has 0 aliphatic carbocycles. The molecular formula is C11H15ClN2O2. The number of ether oxygens (including phenoxy) is 1. The number of nitrogens with zero attached hydrogens (tertiary/aromatic N) is 1. The minimum absolute atomic E-state index is 0.121. The Morgan fingerprint density at radius 2 is 2.19 bits per heavy atom.